The Morgan fingerprint density at radius 1 is 1.25 bits per heavy atom. The van der Waals surface area contributed by atoms with Gasteiger partial charge in [-0.25, -0.2) is 0 Å². The summed E-state index contributed by atoms with van der Waals surface area (Å²) in [5.41, 5.74) is 6.65. The van der Waals surface area contributed by atoms with Gasteiger partial charge in [0, 0.05) is 6.54 Å². The summed E-state index contributed by atoms with van der Waals surface area (Å²) in [6.45, 7) is 5.16. The van der Waals surface area contributed by atoms with Gasteiger partial charge in [-0.15, -0.1) is 0 Å². The third-order valence-electron chi connectivity index (χ3n) is 3.44. The van der Waals surface area contributed by atoms with E-state index in [2.05, 4.69) is 13.8 Å². The lowest BCUT2D eigenvalue weighted by Gasteiger charge is -2.20. The van der Waals surface area contributed by atoms with Gasteiger partial charge in [-0.05, 0) is 42.9 Å². The highest BCUT2D eigenvalue weighted by Gasteiger charge is 2.16. The van der Waals surface area contributed by atoms with Gasteiger partial charge in [0.15, 0.2) is 11.5 Å². The van der Waals surface area contributed by atoms with E-state index in [0.717, 1.165) is 29.9 Å². The van der Waals surface area contributed by atoms with Crippen molar-refractivity contribution in [3.05, 3.63) is 23.8 Å². The highest BCUT2D eigenvalue weighted by Crippen LogP contribution is 2.33. The number of ether oxygens (including phenoxy) is 2. The van der Waals surface area contributed by atoms with Crippen LogP contribution in [-0.2, 0) is 0 Å². The number of benzene rings is 1. The first-order chi connectivity index (χ1) is 9.65. The highest BCUT2D eigenvalue weighted by atomic mass is 16.5. The fraction of sp³-hybridized carbons (Fsp3) is 0.625. The first-order valence-corrected chi connectivity index (χ1v) is 7.35. The number of methoxy groups -OCH3 is 1. The van der Waals surface area contributed by atoms with Gasteiger partial charge in [0.2, 0.25) is 0 Å². The van der Waals surface area contributed by atoms with Crippen molar-refractivity contribution in [2.75, 3.05) is 20.3 Å². The Morgan fingerprint density at radius 3 is 2.55 bits per heavy atom. The Hall–Kier alpha value is -1.26. The maximum Gasteiger partial charge on any atom is 0.161 e. The first-order valence-electron chi connectivity index (χ1n) is 7.35. The Bertz CT molecular complexity index is 395. The van der Waals surface area contributed by atoms with Gasteiger partial charge in [-0.3, -0.25) is 0 Å². The molecular formula is C16H27NO3. The van der Waals surface area contributed by atoms with Crippen LogP contribution in [0, 0.1) is 0 Å². The van der Waals surface area contributed by atoms with E-state index in [1.54, 1.807) is 7.11 Å². The number of aliphatic hydroxyl groups is 1. The zero-order chi connectivity index (χ0) is 15.0. The molecule has 1 aromatic rings. The van der Waals surface area contributed by atoms with Crippen molar-refractivity contribution in [1.29, 1.82) is 0 Å². The minimum absolute atomic E-state index is 0.280. The Balaban J connectivity index is 2.88. The lowest BCUT2D eigenvalue weighted by Crippen LogP contribution is -2.22. The molecule has 114 valence electrons. The van der Waals surface area contributed by atoms with Crippen LogP contribution in [0.3, 0.4) is 0 Å². The van der Waals surface area contributed by atoms with Gasteiger partial charge >= 0.3 is 0 Å². The third-order valence-corrected chi connectivity index (χ3v) is 3.44. The van der Waals surface area contributed by atoms with Gasteiger partial charge < -0.3 is 20.3 Å². The van der Waals surface area contributed by atoms with Crippen molar-refractivity contribution in [3.8, 4) is 11.5 Å². The fourth-order valence-corrected chi connectivity index (χ4v) is 2.23. The molecule has 0 radical (unpaired) electrons. The van der Waals surface area contributed by atoms with Crippen molar-refractivity contribution >= 4 is 0 Å². The maximum atomic E-state index is 9.74. The molecule has 4 nitrogen and oxygen atoms in total. The lowest BCUT2D eigenvalue weighted by molar-refractivity contribution is 0.162. The van der Waals surface area contributed by atoms with Crippen LogP contribution in [0.15, 0.2) is 18.2 Å². The summed E-state index contributed by atoms with van der Waals surface area (Å²) < 4.78 is 11.1. The number of rotatable bonds is 9. The van der Waals surface area contributed by atoms with Gasteiger partial charge in [-0.2, -0.15) is 0 Å². The molecule has 2 unspecified atom stereocenters. The second kappa shape index (κ2) is 8.82. The molecule has 4 heteroatoms. The van der Waals surface area contributed by atoms with Crippen LogP contribution in [0.25, 0.3) is 0 Å². The zero-order valence-electron chi connectivity index (χ0n) is 12.8. The molecule has 0 aliphatic carbocycles. The van der Waals surface area contributed by atoms with Gasteiger partial charge in [-0.1, -0.05) is 19.9 Å². The lowest BCUT2D eigenvalue weighted by atomic mass is 9.90. The Labute approximate surface area is 121 Å². The smallest absolute Gasteiger partial charge is 0.161 e. The van der Waals surface area contributed by atoms with E-state index in [4.69, 9.17) is 15.2 Å². The predicted octanol–water partition coefficient (Wildman–Crippen LogP) is 2.69. The molecule has 0 heterocycles. The summed E-state index contributed by atoms with van der Waals surface area (Å²) >= 11 is 0. The summed E-state index contributed by atoms with van der Waals surface area (Å²) in [5, 5.41) is 9.74. The van der Waals surface area contributed by atoms with Crippen LogP contribution >= 0.6 is 0 Å². The normalized spacial score (nSPS) is 13.8. The molecule has 1 aromatic carbocycles. The standard InChI is InChI=1S/C16H27NO3/c1-4-8-20-15-7-6-13(10-16(15)19-3)12(5-2)9-14(18)11-17/h6-7,10,12,14,18H,4-5,8-9,11,17H2,1-3H3. The minimum Gasteiger partial charge on any atom is -0.493 e. The molecule has 0 saturated heterocycles. The monoisotopic (exact) mass is 281 g/mol. The van der Waals surface area contributed by atoms with E-state index in [9.17, 15) is 5.11 Å². The SMILES string of the molecule is CCCOc1ccc(C(CC)CC(O)CN)cc1OC. The van der Waals surface area contributed by atoms with E-state index in [1.807, 2.05) is 18.2 Å². The Morgan fingerprint density at radius 2 is 2.00 bits per heavy atom. The van der Waals surface area contributed by atoms with Crippen molar-refractivity contribution < 1.29 is 14.6 Å². The number of hydrogen-bond donors (Lipinski definition) is 2. The number of hydrogen-bond acceptors (Lipinski definition) is 4. The minimum atomic E-state index is -0.457. The summed E-state index contributed by atoms with van der Waals surface area (Å²) in [5.74, 6) is 1.80. The molecule has 0 spiro atoms. The van der Waals surface area contributed by atoms with Gasteiger partial charge in [0.05, 0.1) is 19.8 Å². The molecule has 20 heavy (non-hydrogen) atoms. The second-order valence-corrected chi connectivity index (χ2v) is 4.99. The van der Waals surface area contributed by atoms with Crippen LogP contribution in [0.1, 0.15) is 44.6 Å². The topological polar surface area (TPSA) is 64.7 Å². The average Bonchev–Trinajstić information content (AvgIpc) is 2.50. The molecule has 0 bridgehead atoms. The highest BCUT2D eigenvalue weighted by molar-refractivity contribution is 5.44. The predicted molar refractivity (Wildman–Crippen MR) is 81.5 cm³/mol. The van der Waals surface area contributed by atoms with E-state index in [1.165, 1.54) is 0 Å². The van der Waals surface area contributed by atoms with Crippen LogP contribution in [0.5, 0.6) is 11.5 Å². The van der Waals surface area contributed by atoms with Crippen molar-refractivity contribution in [2.45, 2.75) is 45.1 Å². The van der Waals surface area contributed by atoms with Crippen LogP contribution < -0.4 is 15.2 Å². The fourth-order valence-electron chi connectivity index (χ4n) is 2.23. The molecule has 3 N–H and O–H groups in total. The van der Waals surface area contributed by atoms with Crippen molar-refractivity contribution in [3.63, 3.8) is 0 Å². The van der Waals surface area contributed by atoms with E-state index >= 15 is 0 Å². The van der Waals surface area contributed by atoms with Gasteiger partial charge in [0.1, 0.15) is 0 Å². The van der Waals surface area contributed by atoms with Crippen molar-refractivity contribution in [1.82, 2.24) is 0 Å². The largest absolute Gasteiger partial charge is 0.493 e. The third kappa shape index (κ3) is 4.69. The van der Waals surface area contributed by atoms with E-state index in [-0.39, 0.29) is 5.92 Å². The molecule has 0 amide bonds. The first kappa shape index (κ1) is 16.8. The summed E-state index contributed by atoms with van der Waals surface area (Å²) in [6, 6.07) is 5.99. The quantitative estimate of drug-likeness (QED) is 0.730. The zero-order valence-corrected chi connectivity index (χ0v) is 12.8. The summed E-state index contributed by atoms with van der Waals surface area (Å²) in [7, 11) is 1.65. The summed E-state index contributed by atoms with van der Waals surface area (Å²) in [6.07, 6.45) is 2.13. The molecular weight excluding hydrogens is 254 g/mol. The van der Waals surface area contributed by atoms with Crippen LogP contribution in [-0.4, -0.2) is 31.5 Å². The average molecular weight is 281 g/mol. The number of nitrogens with two attached hydrogens (primary N) is 1. The molecule has 0 fully saturated rings. The van der Waals surface area contributed by atoms with Crippen LogP contribution in [0.4, 0.5) is 0 Å². The van der Waals surface area contributed by atoms with E-state index < -0.39 is 6.10 Å². The molecule has 0 aromatic heterocycles. The van der Waals surface area contributed by atoms with Crippen LogP contribution in [0.2, 0.25) is 0 Å². The number of aliphatic hydroxyl groups excluding tert-OH is 1. The summed E-state index contributed by atoms with van der Waals surface area (Å²) in [4.78, 5) is 0. The molecule has 0 saturated carbocycles. The second-order valence-electron chi connectivity index (χ2n) is 4.99. The maximum absolute atomic E-state index is 9.74. The van der Waals surface area contributed by atoms with E-state index in [0.29, 0.717) is 19.6 Å². The van der Waals surface area contributed by atoms with Gasteiger partial charge in [0.25, 0.3) is 0 Å². The Kier molecular flexibility index (Phi) is 7.41. The molecule has 0 aliphatic heterocycles. The molecule has 2 atom stereocenters. The molecule has 1 rings (SSSR count). The van der Waals surface area contributed by atoms with Crippen molar-refractivity contribution in [2.24, 2.45) is 5.73 Å². The molecule has 0 aliphatic rings.